The first-order chi connectivity index (χ1) is 10.3. The van der Waals surface area contributed by atoms with E-state index in [9.17, 15) is 0 Å². The summed E-state index contributed by atoms with van der Waals surface area (Å²) >= 11 is 0. The lowest BCUT2D eigenvalue weighted by molar-refractivity contribution is 0.477. The molecule has 0 aliphatic rings. The topological polar surface area (TPSA) is 12.0 Å². The molecule has 112 valence electrons. The molecule has 1 atom stereocenters. The second kappa shape index (κ2) is 8.63. The van der Waals surface area contributed by atoms with Crippen LogP contribution >= 0.6 is 0 Å². The molecular weight excluding hydrogens is 254 g/mol. The Morgan fingerprint density at radius 2 is 1.62 bits per heavy atom. The third-order valence-corrected chi connectivity index (χ3v) is 3.91. The zero-order valence-electron chi connectivity index (χ0n) is 13.3. The SMILES string of the molecule is CCCNC(CCc1ccccc1)Cc1ccc(C)cc1. The Morgan fingerprint density at radius 1 is 0.905 bits per heavy atom. The standard InChI is InChI=1S/C20H27N/c1-3-15-21-20(14-13-18-7-5-4-6-8-18)16-19-11-9-17(2)10-12-19/h4-12,20-21H,3,13-16H2,1-2H3. The lowest BCUT2D eigenvalue weighted by atomic mass is 9.98. The highest BCUT2D eigenvalue weighted by atomic mass is 14.9. The van der Waals surface area contributed by atoms with E-state index in [1.807, 2.05) is 0 Å². The third-order valence-electron chi connectivity index (χ3n) is 3.91. The van der Waals surface area contributed by atoms with Gasteiger partial charge in [-0.1, -0.05) is 67.1 Å². The van der Waals surface area contributed by atoms with Crippen LogP contribution in [-0.2, 0) is 12.8 Å². The fraction of sp³-hybridized carbons (Fsp3) is 0.400. The summed E-state index contributed by atoms with van der Waals surface area (Å²) in [6.07, 6.45) is 4.65. The van der Waals surface area contributed by atoms with E-state index in [4.69, 9.17) is 0 Å². The second-order valence-electron chi connectivity index (χ2n) is 5.87. The van der Waals surface area contributed by atoms with Gasteiger partial charge in [0.05, 0.1) is 0 Å². The van der Waals surface area contributed by atoms with Crippen molar-refractivity contribution in [3.8, 4) is 0 Å². The maximum atomic E-state index is 3.70. The van der Waals surface area contributed by atoms with E-state index >= 15 is 0 Å². The minimum absolute atomic E-state index is 0.563. The summed E-state index contributed by atoms with van der Waals surface area (Å²) in [7, 11) is 0. The monoisotopic (exact) mass is 281 g/mol. The van der Waals surface area contributed by atoms with Crippen LogP contribution < -0.4 is 5.32 Å². The van der Waals surface area contributed by atoms with Crippen LogP contribution in [0.25, 0.3) is 0 Å². The first-order valence-corrected chi connectivity index (χ1v) is 8.10. The Labute approximate surface area is 129 Å². The fourth-order valence-corrected chi connectivity index (χ4v) is 2.62. The van der Waals surface area contributed by atoms with Gasteiger partial charge in [-0.25, -0.2) is 0 Å². The summed E-state index contributed by atoms with van der Waals surface area (Å²) in [6, 6.07) is 20.3. The number of nitrogens with one attached hydrogen (secondary N) is 1. The lowest BCUT2D eigenvalue weighted by Crippen LogP contribution is -2.32. The molecule has 1 unspecified atom stereocenters. The van der Waals surface area contributed by atoms with Gasteiger partial charge in [0, 0.05) is 6.04 Å². The van der Waals surface area contributed by atoms with Crippen molar-refractivity contribution in [2.24, 2.45) is 0 Å². The van der Waals surface area contributed by atoms with Gasteiger partial charge < -0.3 is 5.32 Å². The van der Waals surface area contributed by atoms with Crippen LogP contribution in [0.2, 0.25) is 0 Å². The Kier molecular flexibility index (Phi) is 6.49. The molecule has 0 aliphatic heterocycles. The molecule has 2 rings (SSSR count). The van der Waals surface area contributed by atoms with Crippen molar-refractivity contribution < 1.29 is 0 Å². The Hall–Kier alpha value is -1.60. The molecule has 2 aromatic rings. The van der Waals surface area contributed by atoms with Crippen LogP contribution in [0.1, 0.15) is 36.5 Å². The zero-order chi connectivity index (χ0) is 14.9. The highest BCUT2D eigenvalue weighted by Crippen LogP contribution is 2.11. The van der Waals surface area contributed by atoms with Gasteiger partial charge in [0.1, 0.15) is 0 Å². The highest BCUT2D eigenvalue weighted by molar-refractivity contribution is 5.22. The van der Waals surface area contributed by atoms with Gasteiger partial charge in [0.2, 0.25) is 0 Å². The van der Waals surface area contributed by atoms with E-state index in [1.54, 1.807) is 0 Å². The third kappa shape index (κ3) is 5.73. The molecule has 0 aromatic heterocycles. The molecular formula is C20H27N. The van der Waals surface area contributed by atoms with Gasteiger partial charge in [-0.3, -0.25) is 0 Å². The Balaban J connectivity index is 1.92. The number of rotatable bonds is 8. The summed E-state index contributed by atoms with van der Waals surface area (Å²) in [4.78, 5) is 0. The van der Waals surface area contributed by atoms with Gasteiger partial charge in [-0.05, 0) is 50.3 Å². The van der Waals surface area contributed by atoms with Crippen LogP contribution in [-0.4, -0.2) is 12.6 Å². The molecule has 0 fully saturated rings. The Morgan fingerprint density at radius 3 is 2.29 bits per heavy atom. The molecule has 2 aromatic carbocycles. The minimum atomic E-state index is 0.563. The molecule has 21 heavy (non-hydrogen) atoms. The first kappa shape index (κ1) is 15.8. The van der Waals surface area contributed by atoms with Crippen molar-refractivity contribution >= 4 is 0 Å². The minimum Gasteiger partial charge on any atom is -0.314 e. The van der Waals surface area contributed by atoms with E-state index in [0.717, 1.165) is 19.4 Å². The van der Waals surface area contributed by atoms with Crippen molar-refractivity contribution in [3.05, 3.63) is 71.3 Å². The molecule has 1 N–H and O–H groups in total. The maximum Gasteiger partial charge on any atom is 0.0111 e. The highest BCUT2D eigenvalue weighted by Gasteiger charge is 2.09. The van der Waals surface area contributed by atoms with Crippen LogP contribution in [0.15, 0.2) is 54.6 Å². The Bertz CT molecular complexity index is 501. The summed E-state index contributed by atoms with van der Waals surface area (Å²) < 4.78 is 0. The van der Waals surface area contributed by atoms with Gasteiger partial charge >= 0.3 is 0 Å². The van der Waals surface area contributed by atoms with Crippen LogP contribution in [0.3, 0.4) is 0 Å². The predicted molar refractivity (Wildman–Crippen MR) is 91.7 cm³/mol. The summed E-state index contributed by atoms with van der Waals surface area (Å²) in [5.41, 5.74) is 4.20. The van der Waals surface area contributed by atoms with Gasteiger partial charge in [-0.15, -0.1) is 0 Å². The van der Waals surface area contributed by atoms with Crippen molar-refractivity contribution in [3.63, 3.8) is 0 Å². The van der Waals surface area contributed by atoms with Crippen LogP contribution in [0.4, 0.5) is 0 Å². The molecule has 0 aliphatic carbocycles. The number of hydrogen-bond donors (Lipinski definition) is 1. The predicted octanol–water partition coefficient (Wildman–Crippen LogP) is 4.54. The van der Waals surface area contributed by atoms with E-state index in [2.05, 4.69) is 73.8 Å². The van der Waals surface area contributed by atoms with Crippen LogP contribution in [0, 0.1) is 6.92 Å². The molecule has 0 spiro atoms. The zero-order valence-corrected chi connectivity index (χ0v) is 13.3. The van der Waals surface area contributed by atoms with E-state index in [0.29, 0.717) is 6.04 Å². The molecule has 0 radical (unpaired) electrons. The number of benzene rings is 2. The smallest absolute Gasteiger partial charge is 0.0111 e. The molecule has 0 saturated carbocycles. The number of aryl methyl sites for hydroxylation is 2. The van der Waals surface area contributed by atoms with Crippen molar-refractivity contribution in [1.82, 2.24) is 5.32 Å². The average molecular weight is 281 g/mol. The summed E-state index contributed by atoms with van der Waals surface area (Å²) in [6.45, 7) is 5.48. The van der Waals surface area contributed by atoms with E-state index in [1.165, 1.54) is 29.5 Å². The fourth-order valence-electron chi connectivity index (χ4n) is 2.62. The van der Waals surface area contributed by atoms with Crippen molar-refractivity contribution in [2.75, 3.05) is 6.54 Å². The van der Waals surface area contributed by atoms with Gasteiger partial charge in [0.25, 0.3) is 0 Å². The largest absolute Gasteiger partial charge is 0.314 e. The maximum absolute atomic E-state index is 3.70. The number of hydrogen-bond acceptors (Lipinski definition) is 1. The van der Waals surface area contributed by atoms with E-state index in [-0.39, 0.29) is 0 Å². The van der Waals surface area contributed by atoms with Crippen LogP contribution in [0.5, 0.6) is 0 Å². The quantitative estimate of drug-likeness (QED) is 0.749. The molecule has 0 heterocycles. The molecule has 0 saturated heterocycles. The first-order valence-electron chi connectivity index (χ1n) is 8.10. The molecule has 0 bridgehead atoms. The van der Waals surface area contributed by atoms with Gasteiger partial charge in [-0.2, -0.15) is 0 Å². The van der Waals surface area contributed by atoms with Crippen molar-refractivity contribution in [1.29, 1.82) is 0 Å². The van der Waals surface area contributed by atoms with E-state index < -0.39 is 0 Å². The molecule has 1 nitrogen and oxygen atoms in total. The summed E-state index contributed by atoms with van der Waals surface area (Å²) in [5, 5.41) is 3.70. The molecule has 0 amide bonds. The normalized spacial score (nSPS) is 12.3. The van der Waals surface area contributed by atoms with Gasteiger partial charge in [0.15, 0.2) is 0 Å². The summed E-state index contributed by atoms with van der Waals surface area (Å²) in [5.74, 6) is 0. The second-order valence-corrected chi connectivity index (χ2v) is 5.87. The van der Waals surface area contributed by atoms with Crippen molar-refractivity contribution in [2.45, 2.75) is 45.6 Å². The molecule has 1 heteroatoms. The lowest BCUT2D eigenvalue weighted by Gasteiger charge is -2.19. The average Bonchev–Trinajstić information content (AvgIpc) is 2.53.